The summed E-state index contributed by atoms with van der Waals surface area (Å²) >= 11 is 0. The van der Waals surface area contributed by atoms with Crippen molar-refractivity contribution in [3.63, 3.8) is 0 Å². The van der Waals surface area contributed by atoms with E-state index in [9.17, 15) is 0 Å². The number of rotatable bonds is 4. The average Bonchev–Trinajstić information content (AvgIpc) is 2.81. The van der Waals surface area contributed by atoms with Crippen molar-refractivity contribution in [1.29, 1.82) is 0 Å². The van der Waals surface area contributed by atoms with Gasteiger partial charge in [0.15, 0.2) is 6.79 Å². The lowest BCUT2D eigenvalue weighted by Crippen LogP contribution is -2.28. The van der Waals surface area contributed by atoms with E-state index in [1.807, 2.05) is 0 Å². The number of hydrogen-bond donors (Lipinski definition) is 1. The number of ether oxygens (including phenoxy) is 2. The van der Waals surface area contributed by atoms with Crippen molar-refractivity contribution in [3.05, 3.63) is 36.4 Å². The molecule has 0 amide bonds. The zero-order valence-electron chi connectivity index (χ0n) is 12.5. The van der Waals surface area contributed by atoms with Crippen LogP contribution in [0, 0.1) is 0 Å². The molecule has 2 aromatic carbocycles. The number of anilines is 1. The minimum Gasteiger partial charge on any atom is -0.465 e. The van der Waals surface area contributed by atoms with Gasteiger partial charge in [-0.2, -0.15) is 0 Å². The molecule has 0 bridgehead atoms. The highest BCUT2D eigenvalue weighted by Gasteiger charge is 2.17. The van der Waals surface area contributed by atoms with E-state index in [0.717, 1.165) is 38.3 Å². The highest BCUT2D eigenvalue weighted by Crippen LogP contribution is 2.36. The van der Waals surface area contributed by atoms with E-state index < -0.39 is 0 Å². The van der Waals surface area contributed by atoms with Crippen molar-refractivity contribution in [1.82, 2.24) is 5.32 Å². The van der Waals surface area contributed by atoms with Crippen LogP contribution in [0.1, 0.15) is 6.42 Å². The number of hydrogen-bond acceptors (Lipinski definition) is 4. The van der Waals surface area contributed by atoms with Crippen LogP contribution < -0.4 is 15.0 Å². The third-order valence-corrected chi connectivity index (χ3v) is 3.85. The van der Waals surface area contributed by atoms with Gasteiger partial charge in [0.1, 0.15) is 5.75 Å². The molecule has 4 heteroatoms. The quantitative estimate of drug-likeness (QED) is 0.876. The molecular formula is C17H22N2O2. The van der Waals surface area contributed by atoms with E-state index in [2.05, 4.69) is 46.6 Å². The molecule has 112 valence electrons. The predicted molar refractivity (Wildman–Crippen MR) is 86.2 cm³/mol. The zero-order valence-corrected chi connectivity index (χ0v) is 12.5. The van der Waals surface area contributed by atoms with Crippen LogP contribution >= 0.6 is 0 Å². The van der Waals surface area contributed by atoms with Gasteiger partial charge < -0.3 is 19.7 Å². The molecule has 0 aliphatic carbocycles. The van der Waals surface area contributed by atoms with Crippen LogP contribution in [0.25, 0.3) is 10.8 Å². The van der Waals surface area contributed by atoms with Gasteiger partial charge in [0, 0.05) is 32.1 Å². The predicted octanol–water partition coefficient (Wildman–Crippen LogP) is 2.62. The first-order valence-corrected chi connectivity index (χ1v) is 7.49. The molecule has 21 heavy (non-hydrogen) atoms. The summed E-state index contributed by atoms with van der Waals surface area (Å²) < 4.78 is 10.9. The minimum atomic E-state index is 0.275. The highest BCUT2D eigenvalue weighted by molar-refractivity contribution is 5.97. The standard InChI is InChI=1S/C17H22N2O2/c1-20-13-21-16-8-7-14-5-2-3-6-15(14)17(16)19-11-4-9-18-10-12-19/h2-3,5-8,18H,4,9-13H2,1H3. The monoisotopic (exact) mass is 286 g/mol. The Bertz CT molecular complexity index is 592. The fourth-order valence-electron chi connectivity index (χ4n) is 2.87. The molecular weight excluding hydrogens is 264 g/mol. The van der Waals surface area contributed by atoms with Gasteiger partial charge in [0.2, 0.25) is 0 Å². The summed E-state index contributed by atoms with van der Waals surface area (Å²) in [4.78, 5) is 2.42. The van der Waals surface area contributed by atoms with Crippen LogP contribution in [0.2, 0.25) is 0 Å². The van der Waals surface area contributed by atoms with Crippen LogP contribution in [0.3, 0.4) is 0 Å². The van der Waals surface area contributed by atoms with Crippen molar-refractivity contribution < 1.29 is 9.47 Å². The topological polar surface area (TPSA) is 33.7 Å². The Morgan fingerprint density at radius 1 is 1.10 bits per heavy atom. The van der Waals surface area contributed by atoms with E-state index in [4.69, 9.17) is 9.47 Å². The van der Waals surface area contributed by atoms with Crippen molar-refractivity contribution >= 4 is 16.5 Å². The van der Waals surface area contributed by atoms with Crippen molar-refractivity contribution in [2.45, 2.75) is 6.42 Å². The third-order valence-electron chi connectivity index (χ3n) is 3.85. The van der Waals surface area contributed by atoms with E-state index in [0.29, 0.717) is 0 Å². The van der Waals surface area contributed by atoms with Gasteiger partial charge in [0.05, 0.1) is 5.69 Å². The minimum absolute atomic E-state index is 0.275. The summed E-state index contributed by atoms with van der Waals surface area (Å²) in [5, 5.41) is 5.94. The number of benzene rings is 2. The second kappa shape index (κ2) is 6.78. The Morgan fingerprint density at radius 2 is 2.00 bits per heavy atom. The second-order valence-electron chi connectivity index (χ2n) is 5.27. The maximum absolute atomic E-state index is 5.80. The Kier molecular flexibility index (Phi) is 4.58. The summed E-state index contributed by atoms with van der Waals surface area (Å²) in [6.07, 6.45) is 1.15. The first-order valence-electron chi connectivity index (χ1n) is 7.49. The molecule has 1 aliphatic heterocycles. The summed E-state index contributed by atoms with van der Waals surface area (Å²) in [6.45, 7) is 4.40. The van der Waals surface area contributed by atoms with Gasteiger partial charge in [0.25, 0.3) is 0 Å². The van der Waals surface area contributed by atoms with Gasteiger partial charge in [-0.15, -0.1) is 0 Å². The molecule has 2 aromatic rings. The summed E-state index contributed by atoms with van der Waals surface area (Å²) in [7, 11) is 1.65. The molecule has 3 rings (SSSR count). The lowest BCUT2D eigenvalue weighted by atomic mass is 10.1. The van der Waals surface area contributed by atoms with E-state index >= 15 is 0 Å². The molecule has 4 nitrogen and oxygen atoms in total. The molecule has 0 spiro atoms. The van der Waals surface area contributed by atoms with Gasteiger partial charge >= 0.3 is 0 Å². The summed E-state index contributed by atoms with van der Waals surface area (Å²) in [5.41, 5.74) is 1.19. The van der Waals surface area contributed by atoms with E-state index in [1.165, 1.54) is 16.5 Å². The SMILES string of the molecule is COCOc1ccc2ccccc2c1N1CCCNCC1. The van der Waals surface area contributed by atoms with Crippen LogP contribution in [0.4, 0.5) is 5.69 Å². The largest absolute Gasteiger partial charge is 0.465 e. The zero-order chi connectivity index (χ0) is 14.5. The molecule has 0 atom stereocenters. The van der Waals surface area contributed by atoms with Crippen molar-refractivity contribution in [3.8, 4) is 5.75 Å². The molecule has 1 heterocycles. The Labute approximate surface area is 125 Å². The molecule has 1 saturated heterocycles. The number of nitrogens with zero attached hydrogens (tertiary/aromatic N) is 1. The fourth-order valence-corrected chi connectivity index (χ4v) is 2.87. The number of fused-ring (bicyclic) bond motifs is 1. The Hall–Kier alpha value is -1.78. The van der Waals surface area contributed by atoms with E-state index in [-0.39, 0.29) is 6.79 Å². The van der Waals surface area contributed by atoms with Gasteiger partial charge in [-0.3, -0.25) is 0 Å². The molecule has 1 N–H and O–H groups in total. The lowest BCUT2D eigenvalue weighted by molar-refractivity contribution is 0.0515. The van der Waals surface area contributed by atoms with Gasteiger partial charge in [-0.05, 0) is 24.4 Å². The molecule has 0 saturated carbocycles. The second-order valence-corrected chi connectivity index (χ2v) is 5.27. The normalized spacial score (nSPS) is 16.0. The smallest absolute Gasteiger partial charge is 0.188 e. The highest BCUT2D eigenvalue weighted by atomic mass is 16.7. The maximum Gasteiger partial charge on any atom is 0.188 e. The first kappa shape index (κ1) is 14.2. The van der Waals surface area contributed by atoms with Crippen LogP contribution in [0.5, 0.6) is 5.75 Å². The number of nitrogens with one attached hydrogen (secondary N) is 1. The van der Waals surface area contributed by atoms with Crippen LogP contribution in [0.15, 0.2) is 36.4 Å². The molecule has 0 radical (unpaired) electrons. The summed E-state index contributed by atoms with van der Waals surface area (Å²) in [6, 6.07) is 12.6. The van der Waals surface area contributed by atoms with Crippen LogP contribution in [-0.2, 0) is 4.74 Å². The van der Waals surface area contributed by atoms with Crippen molar-refractivity contribution in [2.24, 2.45) is 0 Å². The molecule has 0 aromatic heterocycles. The van der Waals surface area contributed by atoms with Crippen molar-refractivity contribution in [2.75, 3.05) is 45.0 Å². The lowest BCUT2D eigenvalue weighted by Gasteiger charge is -2.26. The first-order chi connectivity index (χ1) is 10.4. The molecule has 1 fully saturated rings. The Morgan fingerprint density at radius 3 is 2.90 bits per heavy atom. The van der Waals surface area contributed by atoms with Gasteiger partial charge in [-0.25, -0.2) is 0 Å². The van der Waals surface area contributed by atoms with Crippen LogP contribution in [-0.4, -0.2) is 40.1 Å². The van der Waals surface area contributed by atoms with Gasteiger partial charge in [-0.1, -0.05) is 30.3 Å². The maximum atomic E-state index is 5.80. The summed E-state index contributed by atoms with van der Waals surface area (Å²) in [5.74, 6) is 0.900. The van der Waals surface area contributed by atoms with E-state index in [1.54, 1.807) is 7.11 Å². The molecule has 0 unspecified atom stereocenters. The number of methoxy groups -OCH3 is 1. The third kappa shape index (κ3) is 3.12. The fraction of sp³-hybridized carbons (Fsp3) is 0.412. The molecule has 1 aliphatic rings. The Balaban J connectivity index is 2.05. The average molecular weight is 286 g/mol.